The Hall–Kier alpha value is -5.44. The molecule has 0 saturated heterocycles. The second-order valence-corrected chi connectivity index (χ2v) is 10.5. The zero-order valence-electron chi connectivity index (χ0n) is 23.8. The van der Waals surface area contributed by atoms with E-state index in [-0.39, 0.29) is 5.91 Å². The maximum atomic E-state index is 13.8. The molecule has 0 spiro atoms. The van der Waals surface area contributed by atoms with Gasteiger partial charge in [0.25, 0.3) is 5.91 Å². The molecule has 9 nitrogen and oxygen atoms in total. The molecule has 2 N–H and O–H groups in total. The van der Waals surface area contributed by atoms with E-state index in [9.17, 15) is 4.79 Å². The van der Waals surface area contributed by atoms with Crippen LogP contribution in [0.2, 0.25) is 0 Å². The number of para-hydroxylation sites is 2. The van der Waals surface area contributed by atoms with Crippen molar-refractivity contribution >= 4 is 34.3 Å². The van der Waals surface area contributed by atoms with Gasteiger partial charge in [-0.1, -0.05) is 42.5 Å². The largest absolute Gasteiger partial charge is 0.496 e. The number of aromatic nitrogens is 5. The lowest BCUT2D eigenvalue weighted by molar-refractivity contribution is 0.0997. The Morgan fingerprint density at radius 2 is 1.74 bits per heavy atom. The number of aromatic amines is 1. The van der Waals surface area contributed by atoms with E-state index in [1.807, 2.05) is 92.8 Å². The fourth-order valence-electron chi connectivity index (χ4n) is 5.72. The van der Waals surface area contributed by atoms with Crippen molar-refractivity contribution in [1.82, 2.24) is 24.7 Å². The van der Waals surface area contributed by atoms with Gasteiger partial charge in [-0.25, -0.2) is 9.97 Å². The first kappa shape index (κ1) is 25.5. The summed E-state index contributed by atoms with van der Waals surface area (Å²) in [6, 6.07) is 21.8. The van der Waals surface area contributed by atoms with Gasteiger partial charge < -0.3 is 19.9 Å². The van der Waals surface area contributed by atoms with Crippen LogP contribution in [0.4, 0.5) is 17.5 Å². The van der Waals surface area contributed by atoms with Crippen LogP contribution in [0.25, 0.3) is 33.3 Å². The van der Waals surface area contributed by atoms with Crippen molar-refractivity contribution in [2.45, 2.75) is 20.4 Å². The van der Waals surface area contributed by atoms with Crippen LogP contribution in [0.3, 0.4) is 0 Å². The van der Waals surface area contributed by atoms with Crippen molar-refractivity contribution in [3.8, 4) is 28.1 Å². The van der Waals surface area contributed by atoms with Crippen LogP contribution in [-0.2, 0) is 13.6 Å². The fourth-order valence-corrected chi connectivity index (χ4v) is 5.72. The van der Waals surface area contributed by atoms with E-state index in [2.05, 4.69) is 32.5 Å². The molecular weight excluding hydrogens is 526 g/mol. The lowest BCUT2D eigenvalue weighted by Crippen LogP contribution is -2.23. The van der Waals surface area contributed by atoms with E-state index >= 15 is 0 Å². The third-order valence-corrected chi connectivity index (χ3v) is 7.93. The van der Waals surface area contributed by atoms with Crippen LogP contribution in [-0.4, -0.2) is 37.7 Å². The minimum Gasteiger partial charge on any atom is -0.496 e. The summed E-state index contributed by atoms with van der Waals surface area (Å²) in [5.74, 6) is 1.90. The normalized spacial score (nSPS) is 12.7. The number of anilines is 3. The molecule has 4 heterocycles. The molecule has 208 valence electrons. The van der Waals surface area contributed by atoms with Crippen LogP contribution in [0.5, 0.6) is 5.75 Å². The maximum absolute atomic E-state index is 13.8. The molecule has 42 heavy (non-hydrogen) atoms. The van der Waals surface area contributed by atoms with Gasteiger partial charge in [0.2, 0.25) is 5.95 Å². The third kappa shape index (κ3) is 4.09. The first-order valence-corrected chi connectivity index (χ1v) is 13.7. The zero-order valence-corrected chi connectivity index (χ0v) is 23.8. The Balaban J connectivity index is 1.27. The van der Waals surface area contributed by atoms with E-state index < -0.39 is 0 Å². The van der Waals surface area contributed by atoms with E-state index in [1.165, 1.54) is 0 Å². The Labute approximate surface area is 242 Å². The van der Waals surface area contributed by atoms with Gasteiger partial charge >= 0.3 is 0 Å². The number of H-pyrrole nitrogens is 1. The first-order valence-electron chi connectivity index (χ1n) is 13.7. The molecule has 0 unspecified atom stereocenters. The number of hydrogen-bond acceptors (Lipinski definition) is 6. The van der Waals surface area contributed by atoms with Crippen molar-refractivity contribution in [2.24, 2.45) is 7.05 Å². The topological polar surface area (TPSA) is 101 Å². The maximum Gasteiger partial charge on any atom is 0.259 e. The Bertz CT molecular complexity index is 1990. The van der Waals surface area contributed by atoms with Crippen LogP contribution in [0.15, 0.2) is 79.1 Å². The van der Waals surface area contributed by atoms with E-state index in [4.69, 9.17) is 9.72 Å². The van der Waals surface area contributed by atoms with Crippen LogP contribution in [0, 0.1) is 13.8 Å². The summed E-state index contributed by atoms with van der Waals surface area (Å²) in [4.78, 5) is 28.4. The molecule has 0 aliphatic carbocycles. The molecule has 9 heteroatoms. The molecule has 7 rings (SSSR count). The average molecular weight is 556 g/mol. The van der Waals surface area contributed by atoms with Gasteiger partial charge in [0.15, 0.2) is 5.82 Å². The molecule has 0 saturated carbocycles. The van der Waals surface area contributed by atoms with Crippen molar-refractivity contribution in [1.29, 1.82) is 0 Å². The van der Waals surface area contributed by atoms with Gasteiger partial charge in [-0.2, -0.15) is 5.10 Å². The second-order valence-electron chi connectivity index (χ2n) is 10.5. The number of benzene rings is 3. The molecule has 1 aliphatic rings. The quantitative estimate of drug-likeness (QED) is 0.242. The van der Waals surface area contributed by atoms with Gasteiger partial charge in [0.1, 0.15) is 5.75 Å². The zero-order chi connectivity index (χ0) is 29.0. The molecule has 3 aromatic carbocycles. The average Bonchev–Trinajstić information content (AvgIpc) is 3.68. The first-order chi connectivity index (χ1) is 20.4. The molecule has 1 amide bonds. The van der Waals surface area contributed by atoms with Gasteiger partial charge in [-0.05, 0) is 48.7 Å². The smallest absolute Gasteiger partial charge is 0.259 e. The van der Waals surface area contributed by atoms with Crippen LogP contribution < -0.4 is 15.0 Å². The lowest BCUT2D eigenvalue weighted by atomic mass is 9.96. The van der Waals surface area contributed by atoms with Gasteiger partial charge in [-0.3, -0.25) is 9.48 Å². The van der Waals surface area contributed by atoms with Gasteiger partial charge in [-0.15, -0.1) is 0 Å². The highest BCUT2D eigenvalue weighted by molar-refractivity contribution is 6.15. The summed E-state index contributed by atoms with van der Waals surface area (Å²) in [6.07, 6.45) is 3.76. The molecular formula is C33H29N7O2. The standard InChI is InChI=1S/C33H29N7O2/c1-19-16-35-33(36-29-15-20(2)39(3)38-29)37-30(19)25-17-34-31-23(25)11-8-13-27(31)40-18-26-21(10-7-12-24(26)32(40)41)22-9-5-6-14-28(22)42-4/h5-17,34H,18H2,1-4H3,(H,35,36,37,38). The number of hydrogen-bond donors (Lipinski definition) is 2. The Kier molecular flexibility index (Phi) is 6.00. The van der Waals surface area contributed by atoms with Crippen LogP contribution >= 0.6 is 0 Å². The van der Waals surface area contributed by atoms with Crippen molar-refractivity contribution in [2.75, 3.05) is 17.3 Å². The number of rotatable bonds is 6. The number of amides is 1. The predicted octanol–water partition coefficient (Wildman–Crippen LogP) is 6.55. The van der Waals surface area contributed by atoms with E-state index in [0.717, 1.165) is 61.5 Å². The molecule has 3 aromatic heterocycles. The summed E-state index contributed by atoms with van der Waals surface area (Å²) >= 11 is 0. The van der Waals surface area contributed by atoms with Crippen molar-refractivity contribution < 1.29 is 9.53 Å². The molecule has 0 atom stereocenters. The summed E-state index contributed by atoms with van der Waals surface area (Å²) in [5, 5.41) is 8.65. The Morgan fingerprint density at radius 1 is 0.952 bits per heavy atom. The molecule has 0 radical (unpaired) electrons. The minimum absolute atomic E-state index is 0.0271. The van der Waals surface area contributed by atoms with E-state index in [1.54, 1.807) is 11.8 Å². The highest BCUT2D eigenvalue weighted by Gasteiger charge is 2.32. The highest BCUT2D eigenvalue weighted by atomic mass is 16.5. The third-order valence-electron chi connectivity index (χ3n) is 7.93. The fraction of sp³-hybridized carbons (Fsp3) is 0.152. The van der Waals surface area contributed by atoms with Crippen molar-refractivity contribution in [3.63, 3.8) is 0 Å². The van der Waals surface area contributed by atoms with Gasteiger partial charge in [0.05, 0.1) is 30.6 Å². The lowest BCUT2D eigenvalue weighted by Gasteiger charge is -2.17. The highest BCUT2D eigenvalue weighted by Crippen LogP contribution is 2.41. The monoisotopic (exact) mass is 555 g/mol. The minimum atomic E-state index is -0.0271. The summed E-state index contributed by atoms with van der Waals surface area (Å²) in [5.41, 5.74) is 9.07. The summed E-state index contributed by atoms with van der Waals surface area (Å²) in [7, 11) is 3.56. The number of carbonyl (C=O) groups is 1. The summed E-state index contributed by atoms with van der Waals surface area (Å²) < 4.78 is 7.44. The molecule has 6 aromatic rings. The number of fused-ring (bicyclic) bond motifs is 2. The number of methoxy groups -OCH3 is 1. The molecule has 0 bridgehead atoms. The molecule has 1 aliphatic heterocycles. The Morgan fingerprint density at radius 3 is 2.55 bits per heavy atom. The van der Waals surface area contributed by atoms with Crippen molar-refractivity contribution in [3.05, 3.63) is 102 Å². The number of ether oxygens (including phenoxy) is 1. The number of carbonyl (C=O) groups excluding carboxylic acids is 1. The van der Waals surface area contributed by atoms with Gasteiger partial charge in [0, 0.05) is 53.3 Å². The molecule has 0 fully saturated rings. The van der Waals surface area contributed by atoms with Crippen LogP contribution in [0.1, 0.15) is 27.2 Å². The second kappa shape index (κ2) is 9.88. The SMILES string of the molecule is COc1ccccc1-c1cccc2c1CN(c1cccc3c(-c4nc(Nc5cc(C)n(C)n5)ncc4C)c[nH]c13)C2=O. The number of aryl methyl sites for hydroxylation is 3. The number of nitrogens with one attached hydrogen (secondary N) is 2. The summed E-state index contributed by atoms with van der Waals surface area (Å²) in [6.45, 7) is 4.44. The number of nitrogens with zero attached hydrogens (tertiary/aromatic N) is 5. The van der Waals surface area contributed by atoms with E-state index in [0.29, 0.717) is 23.9 Å². The predicted molar refractivity (Wildman–Crippen MR) is 164 cm³/mol.